The Morgan fingerprint density at radius 1 is 1.15 bits per heavy atom. The zero-order valence-corrected chi connectivity index (χ0v) is 19.4. The molecule has 0 aliphatic carbocycles. The molecule has 2 aromatic rings. The minimum Gasteiger partial charge on any atom is -0.368 e. The number of carbonyl (C=O) groups is 3. The second-order valence-corrected chi connectivity index (χ2v) is 9.32. The predicted octanol–water partition coefficient (Wildman–Crippen LogP) is 2.87. The van der Waals surface area contributed by atoms with Crippen molar-refractivity contribution in [1.29, 1.82) is 0 Å². The Bertz CT molecular complexity index is 1150. The Morgan fingerprint density at radius 3 is 2.47 bits per heavy atom. The molecule has 0 fully saturated rings. The summed E-state index contributed by atoms with van der Waals surface area (Å²) in [5, 5.41) is 2.17. The lowest BCUT2D eigenvalue weighted by Gasteiger charge is -2.23. The first kappa shape index (κ1) is 25.2. The van der Waals surface area contributed by atoms with Gasteiger partial charge in [0.05, 0.1) is 23.0 Å². The fraction of sp³-hybridized carbons (Fsp3) is 0.292. The van der Waals surface area contributed by atoms with Crippen LogP contribution < -0.4 is 16.0 Å². The first-order valence-corrected chi connectivity index (χ1v) is 12.0. The summed E-state index contributed by atoms with van der Waals surface area (Å²) in [6, 6.07) is 12.4. The standard InChI is InChI=1S/C24H25F2N3O4S/c1-2-13-34(33)17-9-7-16(8-10-17)23(32)29-12-11-24(25,26)19(14-22(31)28-15-21(27)30)18-5-3-4-6-20(18)29/h3-10,14H,2,11-13,15H2,1H3,(H2,27,30)(H,28,31)/b19-14-. The van der Waals surface area contributed by atoms with E-state index in [1.807, 2.05) is 6.92 Å². The van der Waals surface area contributed by atoms with Gasteiger partial charge in [0.25, 0.3) is 11.8 Å². The van der Waals surface area contributed by atoms with Crippen molar-refractivity contribution in [3.63, 3.8) is 0 Å². The Hall–Kier alpha value is -3.40. The third kappa shape index (κ3) is 5.74. The molecule has 2 aromatic carbocycles. The van der Waals surface area contributed by atoms with E-state index in [2.05, 4.69) is 5.32 Å². The second-order valence-electron chi connectivity index (χ2n) is 7.74. The third-order valence-electron chi connectivity index (χ3n) is 5.24. The lowest BCUT2D eigenvalue weighted by Crippen LogP contribution is -2.33. The topological polar surface area (TPSA) is 110 Å². The number of anilines is 1. The molecule has 0 saturated heterocycles. The van der Waals surface area contributed by atoms with Crippen molar-refractivity contribution in [2.75, 3.05) is 23.7 Å². The summed E-state index contributed by atoms with van der Waals surface area (Å²) < 4.78 is 42.4. The molecule has 3 rings (SSSR count). The number of para-hydroxylation sites is 1. The molecule has 3 amide bonds. The van der Waals surface area contributed by atoms with E-state index in [4.69, 9.17) is 5.73 Å². The number of alkyl halides is 2. The second kappa shape index (κ2) is 10.7. The predicted molar refractivity (Wildman–Crippen MR) is 126 cm³/mol. The minimum absolute atomic E-state index is 0.0354. The number of amides is 3. The molecule has 1 aliphatic rings. The Kier molecular flexibility index (Phi) is 7.93. The summed E-state index contributed by atoms with van der Waals surface area (Å²) in [5.41, 5.74) is 4.98. The average Bonchev–Trinajstić information content (AvgIpc) is 2.92. The number of carbonyl (C=O) groups excluding carboxylic acids is 3. The number of allylic oxidation sites excluding steroid dienone is 1. The van der Waals surface area contributed by atoms with Crippen LogP contribution in [0.5, 0.6) is 0 Å². The maximum Gasteiger partial charge on any atom is 0.275 e. The van der Waals surface area contributed by atoms with E-state index in [0.717, 1.165) is 12.5 Å². The number of primary amides is 1. The van der Waals surface area contributed by atoms with Crippen molar-refractivity contribution in [3.8, 4) is 0 Å². The highest BCUT2D eigenvalue weighted by Gasteiger charge is 2.41. The van der Waals surface area contributed by atoms with E-state index in [0.29, 0.717) is 10.6 Å². The summed E-state index contributed by atoms with van der Waals surface area (Å²) in [5.74, 6) is -5.09. The number of nitrogens with one attached hydrogen (secondary N) is 1. The lowest BCUT2D eigenvalue weighted by molar-refractivity contribution is -0.122. The molecule has 0 aromatic heterocycles. The summed E-state index contributed by atoms with van der Waals surface area (Å²) in [6.45, 7) is 1.15. The van der Waals surface area contributed by atoms with Crippen molar-refractivity contribution in [1.82, 2.24) is 5.32 Å². The van der Waals surface area contributed by atoms with Gasteiger partial charge < -0.3 is 16.0 Å². The quantitative estimate of drug-likeness (QED) is 0.583. The molecular formula is C24H25F2N3O4S. The van der Waals surface area contributed by atoms with Gasteiger partial charge in [-0.15, -0.1) is 0 Å². The summed E-state index contributed by atoms with van der Waals surface area (Å²) in [4.78, 5) is 38.2. The highest BCUT2D eigenvalue weighted by molar-refractivity contribution is 7.85. The van der Waals surface area contributed by atoms with Crippen molar-refractivity contribution >= 4 is 39.8 Å². The van der Waals surface area contributed by atoms with Crippen LogP contribution in [0.3, 0.4) is 0 Å². The zero-order chi connectivity index (χ0) is 24.9. The van der Waals surface area contributed by atoms with Crippen LogP contribution in [0, 0.1) is 0 Å². The van der Waals surface area contributed by atoms with E-state index >= 15 is 8.78 Å². The average molecular weight is 490 g/mol. The van der Waals surface area contributed by atoms with Gasteiger partial charge in [-0.2, -0.15) is 0 Å². The SMILES string of the molecule is CCCS(=O)c1ccc(C(=O)N2CCC(F)(F)/C(=C\C(=O)NCC(N)=O)c3ccccc32)cc1. The van der Waals surface area contributed by atoms with Crippen molar-refractivity contribution in [2.45, 2.75) is 30.6 Å². The molecule has 1 atom stereocenters. The Morgan fingerprint density at radius 2 is 1.82 bits per heavy atom. The van der Waals surface area contributed by atoms with Gasteiger partial charge in [-0.25, -0.2) is 8.78 Å². The van der Waals surface area contributed by atoms with Gasteiger partial charge in [0.15, 0.2) is 0 Å². The number of halogens is 2. The van der Waals surface area contributed by atoms with E-state index in [1.165, 1.54) is 35.2 Å². The van der Waals surface area contributed by atoms with Gasteiger partial charge in [-0.3, -0.25) is 18.6 Å². The van der Waals surface area contributed by atoms with Crippen LogP contribution in [0.1, 0.15) is 35.7 Å². The summed E-state index contributed by atoms with van der Waals surface area (Å²) in [6.07, 6.45) is 0.789. The van der Waals surface area contributed by atoms with Crippen molar-refractivity contribution in [2.24, 2.45) is 5.73 Å². The van der Waals surface area contributed by atoms with Gasteiger partial charge in [0, 0.05) is 46.4 Å². The maximum atomic E-state index is 15.1. The number of fused-ring (bicyclic) bond motifs is 1. The van der Waals surface area contributed by atoms with Crippen LogP contribution in [-0.4, -0.2) is 46.7 Å². The van der Waals surface area contributed by atoms with Gasteiger partial charge in [0.2, 0.25) is 11.8 Å². The lowest BCUT2D eigenvalue weighted by atomic mass is 9.97. The van der Waals surface area contributed by atoms with Crippen LogP contribution in [0.4, 0.5) is 14.5 Å². The molecule has 1 heterocycles. The Labute approximate surface area is 198 Å². The number of nitrogens with zero attached hydrogens (tertiary/aromatic N) is 1. The van der Waals surface area contributed by atoms with Crippen LogP contribution in [-0.2, 0) is 20.4 Å². The van der Waals surface area contributed by atoms with Gasteiger partial charge in [0.1, 0.15) is 0 Å². The number of hydrogen-bond donors (Lipinski definition) is 2. The third-order valence-corrected chi connectivity index (χ3v) is 6.82. The fourth-order valence-corrected chi connectivity index (χ4v) is 4.65. The van der Waals surface area contributed by atoms with Crippen molar-refractivity contribution in [3.05, 3.63) is 65.7 Å². The number of nitrogens with two attached hydrogens (primary N) is 1. The van der Waals surface area contributed by atoms with Gasteiger partial charge in [-0.05, 0) is 36.8 Å². The molecule has 0 saturated carbocycles. The molecular weight excluding hydrogens is 464 g/mol. The smallest absolute Gasteiger partial charge is 0.275 e. The van der Waals surface area contributed by atoms with E-state index in [1.54, 1.807) is 18.2 Å². The largest absolute Gasteiger partial charge is 0.368 e. The maximum absolute atomic E-state index is 15.1. The summed E-state index contributed by atoms with van der Waals surface area (Å²) in [7, 11) is -1.17. The van der Waals surface area contributed by atoms with E-state index in [-0.39, 0.29) is 23.4 Å². The van der Waals surface area contributed by atoms with Crippen LogP contribution in [0.15, 0.2) is 59.5 Å². The van der Waals surface area contributed by atoms with E-state index < -0.39 is 53.0 Å². The minimum atomic E-state index is -3.41. The molecule has 1 unspecified atom stereocenters. The highest BCUT2D eigenvalue weighted by Crippen LogP contribution is 2.43. The van der Waals surface area contributed by atoms with E-state index in [9.17, 15) is 18.6 Å². The fourth-order valence-electron chi connectivity index (χ4n) is 3.60. The molecule has 0 bridgehead atoms. The molecule has 180 valence electrons. The van der Waals surface area contributed by atoms with Crippen molar-refractivity contribution < 1.29 is 27.4 Å². The molecule has 1 aliphatic heterocycles. The molecule has 7 nitrogen and oxygen atoms in total. The van der Waals surface area contributed by atoms with Gasteiger partial charge in [-0.1, -0.05) is 25.1 Å². The molecule has 10 heteroatoms. The van der Waals surface area contributed by atoms with Crippen LogP contribution >= 0.6 is 0 Å². The number of rotatable bonds is 7. The molecule has 34 heavy (non-hydrogen) atoms. The van der Waals surface area contributed by atoms with Gasteiger partial charge >= 0.3 is 0 Å². The molecule has 0 spiro atoms. The molecule has 3 N–H and O–H groups in total. The zero-order valence-electron chi connectivity index (χ0n) is 18.6. The monoisotopic (exact) mass is 489 g/mol. The Balaban J connectivity index is 1.97. The number of hydrogen-bond acceptors (Lipinski definition) is 4. The highest BCUT2D eigenvalue weighted by atomic mass is 32.2. The molecule has 0 radical (unpaired) electrons. The summed E-state index contributed by atoms with van der Waals surface area (Å²) >= 11 is 0. The van der Waals surface area contributed by atoms with Crippen LogP contribution in [0.25, 0.3) is 5.57 Å². The number of benzene rings is 2. The van der Waals surface area contributed by atoms with Crippen LogP contribution in [0.2, 0.25) is 0 Å². The first-order valence-electron chi connectivity index (χ1n) is 10.7. The normalized spacial score (nSPS) is 16.9. The first-order chi connectivity index (χ1) is 16.1.